The Balaban J connectivity index is 1.36. The number of ether oxygens (including phenoxy) is 1. The van der Waals surface area contributed by atoms with E-state index < -0.39 is 5.60 Å². The van der Waals surface area contributed by atoms with Gasteiger partial charge in [-0.25, -0.2) is 4.79 Å². The number of carbonyl (C=O) groups is 1. The van der Waals surface area contributed by atoms with Crippen LogP contribution in [0.5, 0.6) is 0 Å². The molecule has 4 aliphatic carbocycles. The highest BCUT2D eigenvalue weighted by Gasteiger charge is 2.52. The molecular formula is C20H36N2O2. The van der Waals surface area contributed by atoms with Crippen LogP contribution in [0.25, 0.3) is 0 Å². The van der Waals surface area contributed by atoms with Crippen molar-refractivity contribution >= 4 is 6.09 Å². The summed E-state index contributed by atoms with van der Waals surface area (Å²) in [5, 5.41) is 2.87. The van der Waals surface area contributed by atoms with Gasteiger partial charge in [0.2, 0.25) is 0 Å². The van der Waals surface area contributed by atoms with Crippen LogP contribution in [0.15, 0.2) is 0 Å². The fourth-order valence-corrected chi connectivity index (χ4v) is 5.75. The van der Waals surface area contributed by atoms with Crippen LogP contribution in [0.3, 0.4) is 0 Å². The van der Waals surface area contributed by atoms with E-state index in [2.05, 4.69) is 17.3 Å². The van der Waals surface area contributed by atoms with E-state index in [1.165, 1.54) is 38.5 Å². The summed E-state index contributed by atoms with van der Waals surface area (Å²) >= 11 is 0. The summed E-state index contributed by atoms with van der Waals surface area (Å²) in [7, 11) is 2.34. The predicted octanol–water partition coefficient (Wildman–Crippen LogP) is 4.19. The molecule has 0 saturated heterocycles. The van der Waals surface area contributed by atoms with Gasteiger partial charge in [-0.15, -0.1) is 0 Å². The molecule has 0 atom stereocenters. The lowest BCUT2D eigenvalue weighted by molar-refractivity contribution is -0.0792. The van der Waals surface area contributed by atoms with Crippen molar-refractivity contribution < 1.29 is 9.53 Å². The number of hydrogen-bond acceptors (Lipinski definition) is 3. The van der Waals surface area contributed by atoms with Gasteiger partial charge in [-0.05, 0) is 103 Å². The van der Waals surface area contributed by atoms with E-state index in [-0.39, 0.29) is 6.09 Å². The van der Waals surface area contributed by atoms with Crippen molar-refractivity contribution in [1.82, 2.24) is 10.2 Å². The van der Waals surface area contributed by atoms with Gasteiger partial charge in [0.05, 0.1) is 0 Å². The first kappa shape index (κ1) is 18.0. The monoisotopic (exact) mass is 336 g/mol. The fourth-order valence-electron chi connectivity index (χ4n) is 5.75. The first-order valence-electron chi connectivity index (χ1n) is 9.94. The molecule has 4 heteroatoms. The van der Waals surface area contributed by atoms with Gasteiger partial charge in [0.15, 0.2) is 0 Å². The van der Waals surface area contributed by atoms with E-state index in [0.29, 0.717) is 12.1 Å². The molecule has 4 nitrogen and oxygen atoms in total. The first-order chi connectivity index (χ1) is 11.3. The third-order valence-corrected chi connectivity index (χ3v) is 6.40. The molecular weight excluding hydrogens is 300 g/mol. The van der Waals surface area contributed by atoms with Crippen molar-refractivity contribution in [2.75, 3.05) is 20.1 Å². The largest absolute Gasteiger partial charge is 0.444 e. The van der Waals surface area contributed by atoms with Crippen LogP contribution in [0.2, 0.25) is 0 Å². The van der Waals surface area contributed by atoms with E-state index in [1.54, 1.807) is 0 Å². The number of nitrogens with one attached hydrogen (secondary N) is 1. The van der Waals surface area contributed by atoms with Gasteiger partial charge in [0.1, 0.15) is 5.60 Å². The van der Waals surface area contributed by atoms with Gasteiger partial charge in [-0.1, -0.05) is 0 Å². The standard InChI is InChI=1S/C20H36N2O2/c1-19(2,3)24-18(23)21-7-5-6-8-22(4)20-12-15-9-16(13-20)11-17(10-15)14-20/h15-17H,5-14H2,1-4H3,(H,21,23). The molecule has 138 valence electrons. The molecule has 0 spiro atoms. The number of carbonyl (C=O) groups excluding carboxylic acids is 1. The topological polar surface area (TPSA) is 41.6 Å². The molecule has 4 rings (SSSR count). The van der Waals surface area contributed by atoms with E-state index >= 15 is 0 Å². The lowest BCUT2D eigenvalue weighted by atomic mass is 9.52. The fraction of sp³-hybridized carbons (Fsp3) is 0.950. The van der Waals surface area contributed by atoms with Gasteiger partial charge in [0, 0.05) is 12.1 Å². The Morgan fingerprint density at radius 3 is 2.12 bits per heavy atom. The molecule has 1 N–H and O–H groups in total. The molecule has 24 heavy (non-hydrogen) atoms. The SMILES string of the molecule is CN(CCCCNC(=O)OC(C)(C)C)C12CC3CC(CC(C3)C1)C2. The Kier molecular flexibility index (Phi) is 5.15. The molecule has 4 aliphatic rings. The minimum absolute atomic E-state index is 0.295. The van der Waals surface area contributed by atoms with Crippen LogP contribution in [-0.2, 0) is 4.74 Å². The average Bonchev–Trinajstić information content (AvgIpc) is 2.43. The second kappa shape index (κ2) is 6.86. The molecule has 0 aromatic carbocycles. The number of rotatable bonds is 6. The first-order valence-corrected chi connectivity index (χ1v) is 9.94. The van der Waals surface area contributed by atoms with Gasteiger partial charge in [0.25, 0.3) is 0 Å². The van der Waals surface area contributed by atoms with Crippen LogP contribution in [0.1, 0.15) is 72.1 Å². The van der Waals surface area contributed by atoms with Gasteiger partial charge >= 0.3 is 6.09 Å². The minimum Gasteiger partial charge on any atom is -0.444 e. The lowest BCUT2D eigenvalue weighted by Gasteiger charge is -2.60. The maximum Gasteiger partial charge on any atom is 0.407 e. The summed E-state index contributed by atoms with van der Waals surface area (Å²) in [5.74, 6) is 3.02. The number of hydrogen-bond donors (Lipinski definition) is 1. The maximum atomic E-state index is 11.6. The highest BCUT2D eigenvalue weighted by molar-refractivity contribution is 5.67. The second-order valence-corrected chi connectivity index (χ2v) is 9.70. The minimum atomic E-state index is -0.414. The van der Waals surface area contributed by atoms with Crippen molar-refractivity contribution in [3.8, 4) is 0 Å². The molecule has 4 saturated carbocycles. The van der Waals surface area contributed by atoms with Gasteiger partial charge in [-0.2, -0.15) is 0 Å². The van der Waals surface area contributed by atoms with Crippen LogP contribution >= 0.6 is 0 Å². The zero-order valence-electron chi connectivity index (χ0n) is 16.1. The van der Waals surface area contributed by atoms with Crippen molar-refractivity contribution in [1.29, 1.82) is 0 Å². The molecule has 0 radical (unpaired) electrons. The molecule has 0 aliphatic heterocycles. The normalized spacial score (nSPS) is 34.6. The number of nitrogens with zero attached hydrogens (tertiary/aromatic N) is 1. The highest BCUT2D eigenvalue weighted by atomic mass is 16.6. The average molecular weight is 337 g/mol. The summed E-state index contributed by atoms with van der Waals surface area (Å²) in [6.45, 7) is 7.55. The summed E-state index contributed by atoms with van der Waals surface area (Å²) in [6, 6.07) is 0. The Morgan fingerprint density at radius 1 is 1.08 bits per heavy atom. The summed E-state index contributed by atoms with van der Waals surface area (Å²) < 4.78 is 5.27. The van der Waals surface area contributed by atoms with Crippen molar-refractivity contribution in [3.63, 3.8) is 0 Å². The Morgan fingerprint density at radius 2 is 1.62 bits per heavy atom. The van der Waals surface area contributed by atoms with E-state index in [9.17, 15) is 4.79 Å². The molecule has 0 heterocycles. The lowest BCUT2D eigenvalue weighted by Crippen LogP contribution is -2.59. The van der Waals surface area contributed by atoms with E-state index in [4.69, 9.17) is 4.74 Å². The summed E-state index contributed by atoms with van der Waals surface area (Å²) in [5.41, 5.74) is 0.0934. The van der Waals surface area contributed by atoms with Crippen LogP contribution < -0.4 is 5.32 Å². The van der Waals surface area contributed by atoms with Crippen LogP contribution in [0, 0.1) is 17.8 Å². The smallest absolute Gasteiger partial charge is 0.407 e. The van der Waals surface area contributed by atoms with Crippen molar-refractivity contribution in [2.45, 2.75) is 83.3 Å². The molecule has 0 unspecified atom stereocenters. The molecule has 0 aromatic rings. The third-order valence-electron chi connectivity index (χ3n) is 6.40. The van der Waals surface area contributed by atoms with Gasteiger partial charge in [-0.3, -0.25) is 0 Å². The number of amides is 1. The molecule has 4 bridgehead atoms. The predicted molar refractivity (Wildman–Crippen MR) is 97.0 cm³/mol. The van der Waals surface area contributed by atoms with Gasteiger partial charge < -0.3 is 15.0 Å². The Labute approximate surface area is 147 Å². The Hall–Kier alpha value is -0.770. The Bertz CT molecular complexity index is 420. The van der Waals surface area contributed by atoms with E-state index in [1.807, 2.05) is 20.8 Å². The molecule has 0 aromatic heterocycles. The molecule has 1 amide bonds. The number of alkyl carbamates (subject to hydrolysis) is 1. The van der Waals surface area contributed by atoms with Crippen LogP contribution in [0.4, 0.5) is 4.79 Å². The van der Waals surface area contributed by atoms with Crippen LogP contribution in [-0.4, -0.2) is 42.3 Å². The van der Waals surface area contributed by atoms with Crippen molar-refractivity contribution in [2.24, 2.45) is 17.8 Å². The molecule has 4 fully saturated rings. The van der Waals surface area contributed by atoms with E-state index in [0.717, 1.165) is 37.1 Å². The maximum absolute atomic E-state index is 11.6. The van der Waals surface area contributed by atoms with Crippen molar-refractivity contribution in [3.05, 3.63) is 0 Å². The quantitative estimate of drug-likeness (QED) is 0.739. The third kappa shape index (κ3) is 4.25. The summed E-state index contributed by atoms with van der Waals surface area (Å²) in [4.78, 5) is 14.3. The second-order valence-electron chi connectivity index (χ2n) is 9.70. The zero-order chi connectivity index (χ0) is 17.4. The zero-order valence-corrected chi connectivity index (χ0v) is 16.1. The number of unbranched alkanes of at least 4 members (excludes halogenated alkanes) is 1. The summed E-state index contributed by atoms with van der Waals surface area (Å²) in [6.07, 6.45) is 10.7. The highest BCUT2D eigenvalue weighted by Crippen LogP contribution is 2.57.